The number of benzene rings is 5. The number of rotatable bonds is 14. The van der Waals surface area contributed by atoms with Gasteiger partial charge in [-0.05, 0) is 58.7 Å². The molecule has 0 saturated carbocycles. The van der Waals surface area contributed by atoms with E-state index in [-0.39, 0.29) is 18.4 Å². The number of amides is 1. The van der Waals surface area contributed by atoms with Gasteiger partial charge in [-0.3, -0.25) is 4.79 Å². The summed E-state index contributed by atoms with van der Waals surface area (Å²) in [6.45, 7) is 0.873. The molecule has 0 saturated heterocycles. The van der Waals surface area contributed by atoms with E-state index in [0.29, 0.717) is 37.6 Å². The van der Waals surface area contributed by atoms with E-state index in [1.165, 1.54) is 0 Å². The minimum absolute atomic E-state index is 0.0569. The highest BCUT2D eigenvalue weighted by Crippen LogP contribution is 2.43. The smallest absolute Gasteiger partial charge is 0.252 e. The van der Waals surface area contributed by atoms with Crippen molar-refractivity contribution in [3.63, 3.8) is 0 Å². The normalized spacial score (nSPS) is 17.1. The monoisotopic (exact) mass is 714 g/mol. The molecule has 0 bridgehead atoms. The average Bonchev–Trinajstić information content (AvgIpc) is 3.54. The molecule has 0 aliphatic carbocycles. The Bertz CT molecular complexity index is 1810. The first-order valence-electron chi connectivity index (χ1n) is 16.5. The molecule has 2 atom stereocenters. The molecule has 248 valence electrons. The van der Waals surface area contributed by atoms with Crippen molar-refractivity contribution >= 4 is 33.8 Å². The largest absolute Gasteiger partial charge is 0.494 e. The van der Waals surface area contributed by atoms with Crippen LogP contribution in [0.5, 0.6) is 5.75 Å². The molecule has 6 rings (SSSR count). The van der Waals surface area contributed by atoms with Crippen LogP contribution in [0.1, 0.15) is 52.7 Å². The number of carbonyl (C=O) groups excluding carboxylic acids is 1. The fourth-order valence-corrected chi connectivity index (χ4v) is 6.30. The molecule has 7 heteroatoms. The lowest BCUT2D eigenvalue weighted by atomic mass is 9.83. The van der Waals surface area contributed by atoms with Crippen molar-refractivity contribution in [2.75, 3.05) is 19.8 Å². The van der Waals surface area contributed by atoms with Gasteiger partial charge in [-0.2, -0.15) is 0 Å². The van der Waals surface area contributed by atoms with Crippen molar-refractivity contribution < 1.29 is 19.4 Å². The first-order valence-corrected chi connectivity index (χ1v) is 17.3. The summed E-state index contributed by atoms with van der Waals surface area (Å²) in [5.74, 6) is 0.802. The number of ether oxygens (including phenoxy) is 2. The SMILES string of the molecule is O=C(NCC(c1ccccc1)c1ccccc1)[C@]1(C/C=C/c2ccccc2)N=C(c2ccc(OCCCO)cc2)O[C@@H]1c1ccc(Br)cc1. The van der Waals surface area contributed by atoms with Gasteiger partial charge in [0.2, 0.25) is 5.90 Å². The van der Waals surface area contributed by atoms with Gasteiger partial charge in [0.1, 0.15) is 5.75 Å². The highest BCUT2D eigenvalue weighted by molar-refractivity contribution is 9.10. The summed E-state index contributed by atoms with van der Waals surface area (Å²) in [5, 5.41) is 12.4. The Labute approximate surface area is 296 Å². The fraction of sp³-hybridized carbons (Fsp3) is 0.190. The number of halogens is 1. The van der Waals surface area contributed by atoms with Crippen molar-refractivity contribution in [1.29, 1.82) is 0 Å². The van der Waals surface area contributed by atoms with Crippen molar-refractivity contribution in [3.05, 3.63) is 178 Å². The number of aliphatic hydroxyl groups is 1. The third-order valence-corrected chi connectivity index (χ3v) is 9.14. The van der Waals surface area contributed by atoms with Crippen LogP contribution in [0.2, 0.25) is 0 Å². The molecule has 5 aromatic carbocycles. The number of carbonyl (C=O) groups is 1. The van der Waals surface area contributed by atoms with Gasteiger partial charge in [0, 0.05) is 41.9 Å². The molecule has 6 nitrogen and oxygen atoms in total. The first kappa shape index (κ1) is 33.9. The Hall–Kier alpha value is -4.98. The molecule has 49 heavy (non-hydrogen) atoms. The molecule has 0 aromatic heterocycles. The van der Waals surface area contributed by atoms with Crippen molar-refractivity contribution in [2.24, 2.45) is 4.99 Å². The summed E-state index contributed by atoms with van der Waals surface area (Å²) in [4.78, 5) is 20.0. The van der Waals surface area contributed by atoms with E-state index in [9.17, 15) is 4.79 Å². The van der Waals surface area contributed by atoms with Crippen molar-refractivity contribution in [2.45, 2.75) is 30.4 Å². The quantitative estimate of drug-likeness (QED) is 0.113. The highest BCUT2D eigenvalue weighted by Gasteiger charge is 2.52. The van der Waals surface area contributed by atoms with Gasteiger partial charge in [-0.1, -0.05) is 131 Å². The highest BCUT2D eigenvalue weighted by atomic mass is 79.9. The van der Waals surface area contributed by atoms with Crippen LogP contribution in [0.3, 0.4) is 0 Å². The molecule has 1 aliphatic rings. The topological polar surface area (TPSA) is 80.2 Å². The third-order valence-electron chi connectivity index (χ3n) is 8.61. The zero-order valence-corrected chi connectivity index (χ0v) is 28.7. The molecule has 0 radical (unpaired) electrons. The maximum absolute atomic E-state index is 14.8. The summed E-state index contributed by atoms with van der Waals surface area (Å²) in [6.07, 6.45) is 4.21. The number of hydrogen-bond donors (Lipinski definition) is 2. The lowest BCUT2D eigenvalue weighted by molar-refractivity contribution is -0.128. The van der Waals surface area contributed by atoms with E-state index < -0.39 is 11.6 Å². The Balaban J connectivity index is 1.38. The number of aliphatic imine (C=N–C) groups is 1. The van der Waals surface area contributed by atoms with Crippen molar-refractivity contribution in [3.8, 4) is 5.75 Å². The average molecular weight is 716 g/mol. The van der Waals surface area contributed by atoms with Crippen LogP contribution in [0.15, 0.2) is 155 Å². The molecule has 1 heterocycles. The molecular formula is C42H39BrN2O4. The van der Waals surface area contributed by atoms with Crippen LogP contribution < -0.4 is 10.1 Å². The summed E-state index contributed by atoms with van der Waals surface area (Å²) >= 11 is 3.56. The maximum Gasteiger partial charge on any atom is 0.252 e. The summed E-state index contributed by atoms with van der Waals surface area (Å²) in [6, 6.07) is 45.9. The van der Waals surface area contributed by atoms with Gasteiger partial charge >= 0.3 is 0 Å². The first-order chi connectivity index (χ1) is 24.1. The number of nitrogens with one attached hydrogen (secondary N) is 1. The van der Waals surface area contributed by atoms with Crippen LogP contribution in [0, 0.1) is 0 Å². The lowest BCUT2D eigenvalue weighted by Crippen LogP contribution is -2.49. The minimum atomic E-state index is -1.30. The van der Waals surface area contributed by atoms with Crippen molar-refractivity contribution in [1.82, 2.24) is 5.32 Å². The zero-order chi connectivity index (χ0) is 33.9. The van der Waals surface area contributed by atoms with Crippen LogP contribution in [0.25, 0.3) is 6.08 Å². The van der Waals surface area contributed by atoms with Gasteiger partial charge in [0.15, 0.2) is 11.6 Å². The second kappa shape index (κ2) is 16.4. The molecule has 0 spiro atoms. The van der Waals surface area contributed by atoms with E-state index in [4.69, 9.17) is 19.6 Å². The Morgan fingerprint density at radius 1 is 0.857 bits per heavy atom. The number of nitrogens with zero attached hydrogens (tertiary/aromatic N) is 1. The van der Waals surface area contributed by atoms with E-state index in [2.05, 4.69) is 45.5 Å². The summed E-state index contributed by atoms with van der Waals surface area (Å²) < 4.78 is 13.4. The molecular weight excluding hydrogens is 676 g/mol. The number of aliphatic hydroxyl groups excluding tert-OH is 1. The van der Waals surface area contributed by atoms with Crippen LogP contribution >= 0.6 is 15.9 Å². The standard InChI is InChI=1S/C42H39BrN2O4/c43-36-23-19-34(20-24-36)39-42(27-10-14-31-12-4-1-5-13-31,45-40(49-39)35-21-25-37(26-22-35)48-29-11-28-46)41(47)44-30-38(32-15-6-2-7-16-32)33-17-8-3-9-18-33/h1-10,12-26,38-39,46H,11,27-30H2,(H,44,47)/b14-10+/t39-,42-/m1/s1. The molecule has 1 amide bonds. The number of hydrogen-bond acceptors (Lipinski definition) is 5. The van der Waals surface area contributed by atoms with Crippen LogP contribution in [-0.4, -0.2) is 42.2 Å². The fourth-order valence-electron chi connectivity index (χ4n) is 6.04. The van der Waals surface area contributed by atoms with Gasteiger partial charge in [-0.15, -0.1) is 0 Å². The van der Waals surface area contributed by atoms with Gasteiger partial charge < -0.3 is 19.9 Å². The summed E-state index contributed by atoms with van der Waals surface area (Å²) in [7, 11) is 0. The minimum Gasteiger partial charge on any atom is -0.494 e. The predicted molar refractivity (Wildman–Crippen MR) is 199 cm³/mol. The van der Waals surface area contributed by atoms with Gasteiger partial charge in [0.05, 0.1) is 6.61 Å². The Morgan fingerprint density at radius 3 is 2.08 bits per heavy atom. The molecule has 0 unspecified atom stereocenters. The van der Waals surface area contributed by atoms with E-state index in [1.807, 2.05) is 127 Å². The van der Waals surface area contributed by atoms with E-state index in [0.717, 1.165) is 32.3 Å². The second-order valence-electron chi connectivity index (χ2n) is 11.9. The third kappa shape index (κ3) is 8.37. The van der Waals surface area contributed by atoms with Gasteiger partial charge in [-0.25, -0.2) is 4.99 Å². The zero-order valence-electron chi connectivity index (χ0n) is 27.1. The Kier molecular flexibility index (Phi) is 11.4. The Morgan fingerprint density at radius 2 is 1.47 bits per heavy atom. The van der Waals surface area contributed by atoms with Crippen LogP contribution in [0.4, 0.5) is 0 Å². The second-order valence-corrected chi connectivity index (χ2v) is 12.9. The summed E-state index contributed by atoms with van der Waals surface area (Å²) in [5.41, 5.74) is 3.55. The lowest BCUT2D eigenvalue weighted by Gasteiger charge is -2.31. The predicted octanol–water partition coefficient (Wildman–Crippen LogP) is 8.52. The molecule has 2 N–H and O–H groups in total. The van der Waals surface area contributed by atoms with Gasteiger partial charge in [0.25, 0.3) is 5.91 Å². The van der Waals surface area contributed by atoms with Crippen LogP contribution in [-0.2, 0) is 9.53 Å². The van der Waals surface area contributed by atoms with E-state index >= 15 is 0 Å². The molecule has 0 fully saturated rings. The molecule has 5 aromatic rings. The maximum atomic E-state index is 14.8. The van der Waals surface area contributed by atoms with E-state index in [1.54, 1.807) is 0 Å². The molecule has 1 aliphatic heterocycles.